The van der Waals surface area contributed by atoms with Crippen molar-refractivity contribution in [2.45, 2.75) is 44.3 Å². The van der Waals surface area contributed by atoms with Crippen LogP contribution in [0.1, 0.15) is 42.9 Å². The third kappa shape index (κ3) is 4.81. The van der Waals surface area contributed by atoms with Crippen molar-refractivity contribution in [3.05, 3.63) is 120 Å². The monoisotopic (exact) mass is 466 g/mol. The molecule has 3 atom stereocenters. The topological polar surface area (TPSA) is 26.3 Å². The Balaban J connectivity index is 1.52. The number of hydrogen-bond donors (Lipinski definition) is 0. The Morgan fingerprint density at radius 1 is 0.824 bits per heavy atom. The Bertz CT molecular complexity index is 1020. The summed E-state index contributed by atoms with van der Waals surface area (Å²) in [7, 11) is -2.60. The van der Waals surface area contributed by atoms with E-state index in [-0.39, 0.29) is 17.3 Å². The number of allylic oxidation sites excluding steroid dienone is 2. The van der Waals surface area contributed by atoms with Gasteiger partial charge in [0.25, 0.3) is 14.3 Å². The van der Waals surface area contributed by atoms with Crippen molar-refractivity contribution in [1.82, 2.24) is 0 Å². The van der Waals surface area contributed by atoms with Crippen LogP contribution in [0, 0.1) is 17.3 Å². The average Bonchev–Trinajstić information content (AvgIpc) is 3.45. The predicted octanol–water partition coefficient (Wildman–Crippen LogP) is 6.81. The van der Waals surface area contributed by atoms with Gasteiger partial charge in [0.15, 0.2) is 0 Å². The highest BCUT2D eigenvalue weighted by atomic mass is 28.4. The smallest absolute Gasteiger partial charge is 0.296 e. The van der Waals surface area contributed by atoms with Crippen LogP contribution in [0.25, 0.3) is 0 Å². The highest BCUT2D eigenvalue weighted by Crippen LogP contribution is 2.55. The van der Waals surface area contributed by atoms with E-state index in [1.165, 1.54) is 16.7 Å². The molecule has 2 nitrogen and oxygen atoms in total. The van der Waals surface area contributed by atoms with Crippen molar-refractivity contribution >= 4 is 14.3 Å². The fourth-order valence-corrected chi connectivity index (χ4v) is 10.3. The maximum Gasteiger partial charge on any atom is 0.296 e. The largest absolute Gasteiger partial charge is 0.518 e. The zero-order valence-electron chi connectivity index (χ0n) is 20.0. The molecule has 3 aromatic carbocycles. The van der Waals surface area contributed by atoms with Gasteiger partial charge in [-0.05, 0) is 41.9 Å². The molecule has 2 aliphatic rings. The molecule has 3 unspecified atom stereocenters. The summed E-state index contributed by atoms with van der Waals surface area (Å²) in [5, 5.41) is 0. The Morgan fingerprint density at radius 3 is 1.71 bits per heavy atom. The molecule has 34 heavy (non-hydrogen) atoms. The van der Waals surface area contributed by atoms with Crippen LogP contribution < -0.4 is 0 Å². The summed E-state index contributed by atoms with van der Waals surface area (Å²) in [6.07, 6.45) is 7.70. The fraction of sp³-hybridized carbons (Fsp3) is 0.323. The van der Waals surface area contributed by atoms with E-state index in [0.717, 1.165) is 37.4 Å². The Morgan fingerprint density at radius 2 is 1.29 bits per heavy atom. The normalized spacial score (nSPS) is 23.2. The van der Waals surface area contributed by atoms with Gasteiger partial charge in [0.05, 0.1) is 5.92 Å². The number of hydrogen-bond acceptors (Lipinski definition) is 2. The third-order valence-corrected chi connectivity index (χ3v) is 11.7. The van der Waals surface area contributed by atoms with Gasteiger partial charge >= 0.3 is 0 Å². The zero-order chi connectivity index (χ0) is 23.4. The van der Waals surface area contributed by atoms with E-state index < -0.39 is 8.32 Å². The zero-order valence-corrected chi connectivity index (χ0v) is 21.0. The highest BCUT2D eigenvalue weighted by Gasteiger charge is 2.53. The van der Waals surface area contributed by atoms with Crippen molar-refractivity contribution < 1.29 is 9.22 Å². The molecule has 0 heterocycles. The van der Waals surface area contributed by atoms with Crippen LogP contribution in [0.3, 0.4) is 0 Å². The van der Waals surface area contributed by atoms with Crippen LogP contribution in [-0.2, 0) is 27.4 Å². The van der Waals surface area contributed by atoms with Gasteiger partial charge in [0.2, 0.25) is 0 Å². The second-order valence-corrected chi connectivity index (χ2v) is 13.9. The molecule has 0 radical (unpaired) electrons. The molecular formula is C31H34O2Si. The first kappa shape index (κ1) is 22.9. The summed E-state index contributed by atoms with van der Waals surface area (Å²) in [5.41, 5.74) is 3.76. The second kappa shape index (κ2) is 9.75. The summed E-state index contributed by atoms with van der Waals surface area (Å²) in [6, 6.07) is 34.3. The number of rotatable bonds is 9. The van der Waals surface area contributed by atoms with Crippen molar-refractivity contribution in [2.75, 3.05) is 0 Å². The van der Waals surface area contributed by atoms with Crippen LogP contribution in [0.2, 0.25) is 0 Å². The number of benzene rings is 3. The molecule has 0 amide bonds. The molecule has 0 saturated heterocycles. The van der Waals surface area contributed by atoms with Gasteiger partial charge in [-0.3, -0.25) is 4.79 Å². The summed E-state index contributed by atoms with van der Waals surface area (Å²) in [6.45, 7) is 2.22. The highest BCUT2D eigenvalue weighted by molar-refractivity contribution is 6.73. The first-order valence-electron chi connectivity index (χ1n) is 12.6. The molecular weight excluding hydrogens is 432 g/mol. The molecule has 5 rings (SSSR count). The molecule has 3 heteroatoms. The number of carbonyl (C=O) groups is 1. The minimum absolute atomic E-state index is 0.00582. The van der Waals surface area contributed by atoms with E-state index in [2.05, 4.69) is 110 Å². The van der Waals surface area contributed by atoms with E-state index in [1.807, 2.05) is 0 Å². The van der Waals surface area contributed by atoms with Crippen molar-refractivity contribution in [3.63, 3.8) is 0 Å². The van der Waals surface area contributed by atoms with E-state index in [4.69, 9.17) is 4.43 Å². The van der Waals surface area contributed by atoms with Crippen LogP contribution >= 0.6 is 0 Å². The molecule has 0 spiro atoms. The molecule has 174 valence electrons. The van der Waals surface area contributed by atoms with Gasteiger partial charge in [0, 0.05) is 23.5 Å². The first-order valence-corrected chi connectivity index (χ1v) is 15.2. The van der Waals surface area contributed by atoms with E-state index >= 15 is 0 Å². The lowest BCUT2D eigenvalue weighted by Gasteiger charge is -2.36. The van der Waals surface area contributed by atoms with Gasteiger partial charge in [-0.25, -0.2) is 0 Å². The van der Waals surface area contributed by atoms with Crippen LogP contribution in [0.4, 0.5) is 0 Å². The maximum absolute atomic E-state index is 14.0. The lowest BCUT2D eigenvalue weighted by molar-refractivity contribution is -0.142. The number of carbonyl (C=O) groups excluding carboxylic acids is 1. The van der Waals surface area contributed by atoms with E-state index in [9.17, 15) is 4.79 Å². The standard InChI is InChI=1S/C31H34O2Si/c1-2-31-19-18-28(21-31)20-29(31)30(32)33-34(22-25-12-6-3-7-13-25,23-26-14-8-4-9-15-26)24-27-16-10-5-11-17-27/h3-19,28-29H,2,20-24H2,1H3. The maximum atomic E-state index is 14.0. The Kier molecular flexibility index (Phi) is 6.56. The second-order valence-electron chi connectivity index (χ2n) is 10.3. The summed E-state index contributed by atoms with van der Waals surface area (Å²) >= 11 is 0. The number of fused-ring (bicyclic) bond motifs is 2. The molecule has 1 saturated carbocycles. The molecule has 0 N–H and O–H groups in total. The SMILES string of the molecule is CCC12C=CC(CC1C(=O)O[Si](Cc1ccccc1)(Cc1ccccc1)Cc1ccccc1)C2. The van der Waals surface area contributed by atoms with Gasteiger partial charge in [-0.2, -0.15) is 0 Å². The molecule has 2 aliphatic carbocycles. The minimum Gasteiger partial charge on any atom is -0.518 e. The van der Waals surface area contributed by atoms with Crippen molar-refractivity contribution in [2.24, 2.45) is 17.3 Å². The molecule has 2 bridgehead atoms. The molecule has 0 aliphatic heterocycles. The van der Waals surface area contributed by atoms with E-state index in [0.29, 0.717) is 5.92 Å². The Hall–Kier alpha value is -2.91. The van der Waals surface area contributed by atoms with Gasteiger partial charge in [-0.15, -0.1) is 0 Å². The predicted molar refractivity (Wildman–Crippen MR) is 140 cm³/mol. The van der Waals surface area contributed by atoms with Crippen LogP contribution in [-0.4, -0.2) is 14.3 Å². The van der Waals surface area contributed by atoms with Gasteiger partial charge in [-0.1, -0.05) is 110 Å². The van der Waals surface area contributed by atoms with Crippen LogP contribution in [0.15, 0.2) is 103 Å². The quantitative estimate of drug-likeness (QED) is 0.256. The lowest BCUT2D eigenvalue weighted by atomic mass is 9.76. The average molecular weight is 467 g/mol. The summed E-state index contributed by atoms with van der Waals surface area (Å²) < 4.78 is 6.88. The van der Waals surface area contributed by atoms with Gasteiger partial charge in [0.1, 0.15) is 0 Å². The van der Waals surface area contributed by atoms with Gasteiger partial charge < -0.3 is 4.43 Å². The fourth-order valence-electron chi connectivity index (χ4n) is 6.23. The first-order chi connectivity index (χ1) is 16.6. The third-order valence-electron chi connectivity index (χ3n) is 7.94. The van der Waals surface area contributed by atoms with Crippen molar-refractivity contribution in [3.8, 4) is 0 Å². The Labute approximate surface area is 204 Å². The molecule has 3 aromatic rings. The summed E-state index contributed by atoms with van der Waals surface area (Å²) in [4.78, 5) is 14.0. The van der Waals surface area contributed by atoms with E-state index in [1.54, 1.807) is 0 Å². The molecule has 0 aromatic heterocycles. The van der Waals surface area contributed by atoms with Crippen LogP contribution in [0.5, 0.6) is 0 Å². The lowest BCUT2D eigenvalue weighted by Crippen LogP contribution is -2.51. The summed E-state index contributed by atoms with van der Waals surface area (Å²) in [5.74, 6) is 0.566. The molecule has 1 fully saturated rings. The minimum atomic E-state index is -2.60. The van der Waals surface area contributed by atoms with Crippen molar-refractivity contribution in [1.29, 1.82) is 0 Å².